The molecule has 0 radical (unpaired) electrons. The Balaban J connectivity index is 2.03. The molecular formula is C17H20N4O3S. The molecule has 0 unspecified atom stereocenters. The molecule has 0 aliphatic carbocycles. The van der Waals surface area contributed by atoms with Crippen molar-refractivity contribution >= 4 is 15.5 Å². The number of aromatic nitrogens is 3. The van der Waals surface area contributed by atoms with Crippen LogP contribution in [0.5, 0.6) is 0 Å². The monoisotopic (exact) mass is 360 g/mol. The second kappa shape index (κ2) is 6.45. The number of nitrogens with one attached hydrogen (secondary N) is 1. The first kappa shape index (κ1) is 17.4. The summed E-state index contributed by atoms with van der Waals surface area (Å²) in [6.07, 6.45) is 2.02. The van der Waals surface area contributed by atoms with Gasteiger partial charge in [-0.25, -0.2) is 17.8 Å². The van der Waals surface area contributed by atoms with Crippen molar-refractivity contribution < 1.29 is 8.42 Å². The second-order valence-electron chi connectivity index (χ2n) is 5.88. The molecule has 0 saturated carbocycles. The average molecular weight is 360 g/mol. The maximum Gasteiger partial charge on any atom is 0.290 e. The van der Waals surface area contributed by atoms with Gasteiger partial charge in [0.15, 0.2) is 0 Å². The maximum absolute atomic E-state index is 12.7. The van der Waals surface area contributed by atoms with Crippen molar-refractivity contribution in [3.63, 3.8) is 0 Å². The highest BCUT2D eigenvalue weighted by atomic mass is 32.2. The molecule has 0 bridgehead atoms. The Morgan fingerprint density at radius 3 is 2.56 bits per heavy atom. The Bertz CT molecular complexity index is 1070. The number of hydrogen-bond acceptors (Lipinski definition) is 4. The van der Waals surface area contributed by atoms with Crippen molar-refractivity contribution in [2.75, 3.05) is 0 Å². The largest absolute Gasteiger partial charge is 0.297 e. The number of aryl methyl sites for hydroxylation is 2. The highest BCUT2D eigenvalue weighted by Crippen LogP contribution is 2.19. The minimum atomic E-state index is -3.77. The molecule has 0 amide bonds. The molecule has 0 aliphatic rings. The molecule has 0 saturated heterocycles. The van der Waals surface area contributed by atoms with E-state index < -0.39 is 10.0 Å². The third kappa shape index (κ3) is 3.22. The van der Waals surface area contributed by atoms with Gasteiger partial charge in [0, 0.05) is 25.7 Å². The normalized spacial score (nSPS) is 13.2. The van der Waals surface area contributed by atoms with Crippen LogP contribution < -0.4 is 10.3 Å². The fraction of sp³-hybridized carbons (Fsp3) is 0.294. The first-order valence-electron chi connectivity index (χ1n) is 7.99. The Labute approximate surface area is 146 Å². The van der Waals surface area contributed by atoms with Gasteiger partial charge in [0.25, 0.3) is 5.56 Å². The van der Waals surface area contributed by atoms with E-state index in [4.69, 9.17) is 0 Å². The lowest BCUT2D eigenvalue weighted by Gasteiger charge is -2.13. The summed E-state index contributed by atoms with van der Waals surface area (Å²) in [5.41, 5.74) is 0.818. The number of hydrogen-bond donors (Lipinski definition) is 1. The topological polar surface area (TPSA) is 85.5 Å². The molecular weight excluding hydrogens is 340 g/mol. The van der Waals surface area contributed by atoms with E-state index >= 15 is 0 Å². The minimum absolute atomic E-state index is 0.0510. The van der Waals surface area contributed by atoms with E-state index in [1.54, 1.807) is 18.4 Å². The first-order chi connectivity index (χ1) is 11.8. The number of nitrogens with zero attached hydrogens (tertiary/aromatic N) is 3. The Hall–Kier alpha value is -2.45. The number of fused-ring (bicyclic) bond motifs is 1. The van der Waals surface area contributed by atoms with Crippen LogP contribution >= 0.6 is 0 Å². The summed E-state index contributed by atoms with van der Waals surface area (Å²) in [4.78, 5) is 12.3. The molecule has 7 nitrogen and oxygen atoms in total. The molecule has 1 N–H and O–H groups in total. The van der Waals surface area contributed by atoms with Crippen LogP contribution in [0.3, 0.4) is 0 Å². The van der Waals surface area contributed by atoms with Crippen molar-refractivity contribution in [2.24, 2.45) is 7.05 Å². The van der Waals surface area contributed by atoms with Crippen LogP contribution in [0.15, 0.2) is 52.3 Å². The van der Waals surface area contributed by atoms with Gasteiger partial charge in [-0.05, 0) is 18.6 Å². The molecule has 25 heavy (non-hydrogen) atoms. The van der Waals surface area contributed by atoms with Crippen molar-refractivity contribution in [1.82, 2.24) is 18.9 Å². The van der Waals surface area contributed by atoms with Crippen molar-refractivity contribution in [3.8, 4) is 0 Å². The summed E-state index contributed by atoms with van der Waals surface area (Å²) in [7, 11) is -2.22. The van der Waals surface area contributed by atoms with Gasteiger partial charge in [-0.1, -0.05) is 37.3 Å². The molecule has 1 aromatic carbocycles. The highest BCUT2D eigenvalue weighted by Gasteiger charge is 2.22. The zero-order valence-electron chi connectivity index (χ0n) is 14.3. The van der Waals surface area contributed by atoms with Gasteiger partial charge in [0.2, 0.25) is 10.0 Å². The first-order valence-corrected chi connectivity index (χ1v) is 9.47. The van der Waals surface area contributed by atoms with Crippen LogP contribution in [0, 0.1) is 0 Å². The van der Waals surface area contributed by atoms with Gasteiger partial charge in [0.1, 0.15) is 16.2 Å². The lowest BCUT2D eigenvalue weighted by molar-refractivity contribution is 0.567. The molecule has 132 valence electrons. The summed E-state index contributed by atoms with van der Waals surface area (Å²) in [5.74, 6) is 0.620. The molecule has 0 fully saturated rings. The average Bonchev–Trinajstić information content (AvgIpc) is 3.05. The van der Waals surface area contributed by atoms with Crippen molar-refractivity contribution in [1.29, 1.82) is 0 Å². The minimum Gasteiger partial charge on any atom is -0.297 e. The standard InChI is InChI=1S/C17H20N4O3S/c1-4-16-18-20(3)17(22)15-10-14(11-21(15)16)25(23,24)19-12(2)13-8-6-5-7-9-13/h5-12,19H,4H2,1-3H3/t12-/m1/s1. The van der Waals surface area contributed by atoms with Crippen LogP contribution in [0.1, 0.15) is 31.3 Å². The maximum atomic E-state index is 12.7. The van der Waals surface area contributed by atoms with E-state index in [9.17, 15) is 13.2 Å². The summed E-state index contributed by atoms with van der Waals surface area (Å²) in [6.45, 7) is 3.68. The van der Waals surface area contributed by atoms with Crippen molar-refractivity contribution in [3.05, 3.63) is 64.3 Å². The van der Waals surface area contributed by atoms with Gasteiger partial charge in [-0.3, -0.25) is 9.20 Å². The zero-order chi connectivity index (χ0) is 18.2. The Morgan fingerprint density at radius 1 is 1.24 bits per heavy atom. The summed E-state index contributed by atoms with van der Waals surface area (Å²) >= 11 is 0. The van der Waals surface area contributed by atoms with Crippen LogP contribution in [-0.4, -0.2) is 22.6 Å². The molecule has 1 atom stereocenters. The Kier molecular flexibility index (Phi) is 4.49. The Morgan fingerprint density at radius 2 is 1.92 bits per heavy atom. The quantitative estimate of drug-likeness (QED) is 0.749. The second-order valence-corrected chi connectivity index (χ2v) is 7.60. The van der Waals surface area contributed by atoms with Crippen LogP contribution in [0.4, 0.5) is 0 Å². The summed E-state index contributed by atoms with van der Waals surface area (Å²) in [5, 5.41) is 4.18. The number of benzene rings is 1. The molecule has 0 spiro atoms. The summed E-state index contributed by atoms with van der Waals surface area (Å²) < 4.78 is 30.9. The molecule has 0 aliphatic heterocycles. The lowest BCUT2D eigenvalue weighted by Crippen LogP contribution is -2.26. The van der Waals surface area contributed by atoms with Gasteiger partial charge >= 0.3 is 0 Å². The van der Waals surface area contributed by atoms with E-state index in [0.29, 0.717) is 17.8 Å². The van der Waals surface area contributed by atoms with Gasteiger partial charge in [-0.2, -0.15) is 5.10 Å². The van der Waals surface area contributed by atoms with Crippen molar-refractivity contribution in [2.45, 2.75) is 31.2 Å². The van der Waals surface area contributed by atoms with Gasteiger partial charge in [0.05, 0.1) is 0 Å². The van der Waals surface area contributed by atoms with Gasteiger partial charge < -0.3 is 0 Å². The van der Waals surface area contributed by atoms with E-state index in [-0.39, 0.29) is 16.5 Å². The summed E-state index contributed by atoms with van der Waals surface area (Å²) in [6, 6.07) is 10.3. The molecule has 3 aromatic rings. The lowest BCUT2D eigenvalue weighted by atomic mass is 10.1. The predicted octanol–water partition coefficient (Wildman–Crippen LogP) is 1.63. The third-order valence-electron chi connectivity index (χ3n) is 4.11. The predicted molar refractivity (Wildman–Crippen MR) is 95.0 cm³/mol. The molecule has 2 heterocycles. The number of rotatable bonds is 5. The SMILES string of the molecule is CCc1nn(C)c(=O)c2cc(S(=O)(=O)N[C@H](C)c3ccccc3)cn12. The number of sulfonamides is 1. The van der Waals surface area contributed by atoms with E-state index in [1.165, 1.54) is 16.9 Å². The van der Waals surface area contributed by atoms with E-state index in [0.717, 1.165) is 5.56 Å². The van der Waals surface area contributed by atoms with Crippen LogP contribution in [-0.2, 0) is 23.5 Å². The molecule has 3 rings (SSSR count). The highest BCUT2D eigenvalue weighted by molar-refractivity contribution is 7.89. The third-order valence-corrected chi connectivity index (χ3v) is 5.62. The molecule has 8 heteroatoms. The molecule has 2 aromatic heterocycles. The van der Waals surface area contributed by atoms with Gasteiger partial charge in [-0.15, -0.1) is 0 Å². The smallest absolute Gasteiger partial charge is 0.290 e. The van der Waals surface area contributed by atoms with Crippen LogP contribution in [0.25, 0.3) is 5.52 Å². The fourth-order valence-electron chi connectivity index (χ4n) is 2.75. The van der Waals surface area contributed by atoms with E-state index in [2.05, 4.69) is 9.82 Å². The fourth-order valence-corrected chi connectivity index (χ4v) is 4.00. The van der Waals surface area contributed by atoms with E-state index in [1.807, 2.05) is 37.3 Å². The zero-order valence-corrected chi connectivity index (χ0v) is 15.1. The van der Waals surface area contributed by atoms with Crippen LogP contribution in [0.2, 0.25) is 0 Å².